The van der Waals surface area contributed by atoms with Gasteiger partial charge in [-0.3, -0.25) is 4.79 Å². The highest BCUT2D eigenvalue weighted by molar-refractivity contribution is 5.75. The lowest BCUT2D eigenvalue weighted by Crippen LogP contribution is -2.41. The Labute approximate surface area is 123 Å². The summed E-state index contributed by atoms with van der Waals surface area (Å²) in [4.78, 5) is 11.6. The number of hydrogen-bond donors (Lipinski definition) is 1. The minimum Gasteiger partial charge on any atom is -0.484 e. The van der Waals surface area contributed by atoms with Crippen molar-refractivity contribution in [1.82, 2.24) is 0 Å². The zero-order chi connectivity index (χ0) is 16.2. The number of nitrogens with two attached hydrogens (primary N) is 1. The number of halogens is 2. The molecule has 0 saturated carbocycles. The van der Waals surface area contributed by atoms with Crippen LogP contribution in [-0.4, -0.2) is 24.2 Å². The minimum atomic E-state index is -0.803. The molecule has 2 N–H and O–H groups in total. The van der Waals surface area contributed by atoms with E-state index in [-0.39, 0.29) is 11.7 Å². The summed E-state index contributed by atoms with van der Waals surface area (Å²) in [6.45, 7) is 6.87. The Morgan fingerprint density at radius 2 is 1.81 bits per heavy atom. The van der Waals surface area contributed by atoms with Crippen molar-refractivity contribution in [2.45, 2.75) is 45.9 Å². The van der Waals surface area contributed by atoms with E-state index >= 15 is 0 Å². The van der Waals surface area contributed by atoms with Crippen molar-refractivity contribution < 1.29 is 23.0 Å². The summed E-state index contributed by atoms with van der Waals surface area (Å²) in [5.74, 6) is -2.18. The summed E-state index contributed by atoms with van der Waals surface area (Å²) < 4.78 is 37.2. The zero-order valence-corrected chi connectivity index (χ0v) is 12.6. The largest absolute Gasteiger partial charge is 0.484 e. The molecule has 0 aliphatic rings. The third kappa shape index (κ3) is 4.97. The Bertz CT molecular complexity index is 492. The summed E-state index contributed by atoms with van der Waals surface area (Å²) >= 11 is 0. The molecule has 1 aromatic rings. The Morgan fingerprint density at radius 1 is 1.19 bits per heavy atom. The van der Waals surface area contributed by atoms with Crippen LogP contribution < -0.4 is 10.5 Å². The molecule has 118 valence electrons. The lowest BCUT2D eigenvalue weighted by atomic mass is 10.0. The van der Waals surface area contributed by atoms with Crippen LogP contribution in [0.25, 0.3) is 0 Å². The molecule has 1 unspecified atom stereocenters. The lowest BCUT2D eigenvalue weighted by molar-refractivity contribution is -0.157. The topological polar surface area (TPSA) is 61.5 Å². The van der Waals surface area contributed by atoms with E-state index in [0.717, 1.165) is 12.1 Å². The third-order valence-corrected chi connectivity index (χ3v) is 2.95. The maximum Gasteiger partial charge on any atom is 0.323 e. The highest BCUT2D eigenvalue weighted by Crippen LogP contribution is 2.22. The van der Waals surface area contributed by atoms with Crippen molar-refractivity contribution in [1.29, 1.82) is 0 Å². The Hall–Kier alpha value is -1.69. The second kappa shape index (κ2) is 7.36. The smallest absolute Gasteiger partial charge is 0.323 e. The standard InChI is InChI=1S/C15H21F2NO3/c1-8(2)14(21-15(19)9(3)18)10(4)20-13-6-5-11(16)7-12(13)17/h5-10,14H,18H2,1-4H3/t9-,10-,14?/m0/s1. The van der Waals surface area contributed by atoms with Crippen LogP contribution in [0.3, 0.4) is 0 Å². The van der Waals surface area contributed by atoms with Gasteiger partial charge in [0.15, 0.2) is 11.6 Å². The van der Waals surface area contributed by atoms with Crippen LogP contribution in [0.1, 0.15) is 27.7 Å². The molecule has 1 aromatic carbocycles. The molecular formula is C15H21F2NO3. The van der Waals surface area contributed by atoms with E-state index in [4.69, 9.17) is 15.2 Å². The highest BCUT2D eigenvalue weighted by Gasteiger charge is 2.28. The van der Waals surface area contributed by atoms with E-state index in [9.17, 15) is 13.6 Å². The monoisotopic (exact) mass is 301 g/mol. The van der Waals surface area contributed by atoms with Gasteiger partial charge in [-0.15, -0.1) is 0 Å². The van der Waals surface area contributed by atoms with Gasteiger partial charge in [-0.1, -0.05) is 13.8 Å². The van der Waals surface area contributed by atoms with Gasteiger partial charge >= 0.3 is 5.97 Å². The average molecular weight is 301 g/mol. The predicted octanol–water partition coefficient (Wildman–Crippen LogP) is 2.65. The summed E-state index contributed by atoms with van der Waals surface area (Å²) in [5, 5.41) is 0. The van der Waals surface area contributed by atoms with E-state index in [1.54, 1.807) is 6.92 Å². The summed E-state index contributed by atoms with van der Waals surface area (Å²) in [6.07, 6.45) is -1.19. The first kappa shape index (κ1) is 17.4. The van der Waals surface area contributed by atoms with Crippen molar-refractivity contribution in [3.8, 4) is 5.75 Å². The Balaban J connectivity index is 2.81. The number of hydrogen-bond acceptors (Lipinski definition) is 4. The first-order valence-corrected chi connectivity index (χ1v) is 6.80. The molecule has 21 heavy (non-hydrogen) atoms. The number of rotatable bonds is 6. The number of benzene rings is 1. The fraction of sp³-hybridized carbons (Fsp3) is 0.533. The lowest BCUT2D eigenvalue weighted by Gasteiger charge is -2.28. The molecule has 6 heteroatoms. The molecule has 0 radical (unpaired) electrons. The van der Waals surface area contributed by atoms with Crippen molar-refractivity contribution in [3.63, 3.8) is 0 Å². The number of esters is 1. The van der Waals surface area contributed by atoms with Gasteiger partial charge < -0.3 is 15.2 Å². The Morgan fingerprint density at radius 3 is 2.29 bits per heavy atom. The molecule has 0 heterocycles. The first-order chi connectivity index (χ1) is 9.72. The fourth-order valence-electron chi connectivity index (χ4n) is 1.85. The van der Waals surface area contributed by atoms with Gasteiger partial charge in [-0.05, 0) is 31.9 Å². The fourth-order valence-corrected chi connectivity index (χ4v) is 1.85. The van der Waals surface area contributed by atoms with Gasteiger partial charge in [0.05, 0.1) is 0 Å². The molecule has 0 bridgehead atoms. The molecule has 0 fully saturated rings. The van der Waals surface area contributed by atoms with E-state index in [1.165, 1.54) is 13.0 Å². The average Bonchev–Trinajstić information content (AvgIpc) is 2.38. The van der Waals surface area contributed by atoms with E-state index in [0.29, 0.717) is 0 Å². The van der Waals surface area contributed by atoms with Crippen molar-refractivity contribution in [2.24, 2.45) is 11.7 Å². The second-order valence-electron chi connectivity index (χ2n) is 5.33. The molecule has 0 aromatic heterocycles. The minimum absolute atomic E-state index is 0.0498. The van der Waals surface area contributed by atoms with Gasteiger partial charge in [0.2, 0.25) is 0 Å². The molecule has 0 amide bonds. The molecule has 4 nitrogen and oxygen atoms in total. The third-order valence-electron chi connectivity index (χ3n) is 2.95. The quantitative estimate of drug-likeness (QED) is 0.821. The van der Waals surface area contributed by atoms with Crippen LogP contribution in [-0.2, 0) is 9.53 Å². The summed E-state index contributed by atoms with van der Waals surface area (Å²) in [7, 11) is 0. The first-order valence-electron chi connectivity index (χ1n) is 6.80. The SMILES string of the molecule is CC(C)C(OC(=O)[C@H](C)N)[C@H](C)Oc1ccc(F)cc1F. The molecule has 0 saturated heterocycles. The van der Waals surface area contributed by atoms with Gasteiger partial charge in [0.25, 0.3) is 0 Å². The highest BCUT2D eigenvalue weighted by atomic mass is 19.1. The van der Waals surface area contributed by atoms with Crippen LogP contribution >= 0.6 is 0 Å². The molecular weight excluding hydrogens is 280 g/mol. The van der Waals surface area contributed by atoms with Gasteiger partial charge in [-0.2, -0.15) is 0 Å². The van der Waals surface area contributed by atoms with E-state index in [2.05, 4.69) is 0 Å². The molecule has 1 rings (SSSR count). The van der Waals surface area contributed by atoms with E-state index in [1.807, 2.05) is 13.8 Å². The van der Waals surface area contributed by atoms with Crippen LogP contribution in [0.15, 0.2) is 18.2 Å². The van der Waals surface area contributed by atoms with Crippen LogP contribution in [0, 0.1) is 17.6 Å². The summed E-state index contributed by atoms with van der Waals surface area (Å²) in [6, 6.07) is 2.29. The Kier molecular flexibility index (Phi) is 6.08. The van der Waals surface area contributed by atoms with Crippen molar-refractivity contribution >= 4 is 5.97 Å². The number of carbonyl (C=O) groups excluding carboxylic acids is 1. The van der Waals surface area contributed by atoms with Crippen LogP contribution in [0.5, 0.6) is 5.75 Å². The summed E-state index contributed by atoms with van der Waals surface area (Å²) in [5.41, 5.74) is 5.46. The van der Waals surface area contributed by atoms with Crippen LogP contribution in [0.2, 0.25) is 0 Å². The predicted molar refractivity (Wildman–Crippen MR) is 74.8 cm³/mol. The van der Waals surface area contributed by atoms with Crippen LogP contribution in [0.4, 0.5) is 8.78 Å². The molecule has 3 atom stereocenters. The van der Waals surface area contributed by atoms with Crippen molar-refractivity contribution in [3.05, 3.63) is 29.8 Å². The number of ether oxygens (including phenoxy) is 2. The zero-order valence-electron chi connectivity index (χ0n) is 12.6. The second-order valence-corrected chi connectivity index (χ2v) is 5.33. The normalized spacial score (nSPS) is 15.4. The maximum atomic E-state index is 13.6. The molecule has 0 aliphatic carbocycles. The van der Waals surface area contributed by atoms with Gasteiger partial charge in [-0.25, -0.2) is 8.78 Å². The van der Waals surface area contributed by atoms with Gasteiger partial charge in [0.1, 0.15) is 24.1 Å². The molecule has 0 aliphatic heterocycles. The van der Waals surface area contributed by atoms with Gasteiger partial charge in [0, 0.05) is 6.07 Å². The molecule has 0 spiro atoms. The number of carbonyl (C=O) groups is 1. The van der Waals surface area contributed by atoms with E-state index < -0.39 is 35.9 Å². The van der Waals surface area contributed by atoms with Crippen molar-refractivity contribution in [2.75, 3.05) is 0 Å². The maximum absolute atomic E-state index is 13.6.